The minimum absolute atomic E-state index is 0.100. The topological polar surface area (TPSA) is 116 Å². The second-order valence-corrected chi connectivity index (χ2v) is 9.83. The van der Waals surface area contributed by atoms with Crippen LogP contribution in [0.5, 0.6) is 0 Å². The molecule has 8 heteroatoms. The summed E-state index contributed by atoms with van der Waals surface area (Å²) in [5.74, 6) is -1.42. The Morgan fingerprint density at radius 3 is 2.35 bits per heavy atom. The van der Waals surface area contributed by atoms with Gasteiger partial charge in [-0.15, -0.1) is 0 Å². The standard InChI is InChI=1S/C18H27N3O4S/c1-12-14(11-25-12)18(21-9-7-17(5-6-17)8-10-21)13(16(19)22)3-2-4-15(18)26(20,23)24/h2-4,12-14H,5-11H2,1H3,(H2,19,22)(H2,20,23,24). The molecular weight excluding hydrogens is 354 g/mol. The quantitative estimate of drug-likeness (QED) is 0.735. The Hall–Kier alpha value is -1.22. The van der Waals surface area contributed by atoms with Gasteiger partial charge in [-0.05, 0) is 57.2 Å². The summed E-state index contributed by atoms with van der Waals surface area (Å²) in [6, 6.07) is 0. The lowest BCUT2D eigenvalue weighted by atomic mass is 9.65. The van der Waals surface area contributed by atoms with Gasteiger partial charge in [0.1, 0.15) is 0 Å². The minimum atomic E-state index is -4.00. The van der Waals surface area contributed by atoms with E-state index < -0.39 is 27.4 Å². The first-order valence-electron chi connectivity index (χ1n) is 9.28. The van der Waals surface area contributed by atoms with Crippen molar-refractivity contribution < 1.29 is 17.9 Å². The molecule has 0 aromatic rings. The summed E-state index contributed by atoms with van der Waals surface area (Å²) in [5, 5.41) is 5.63. The number of nitrogens with zero attached hydrogens (tertiary/aromatic N) is 1. The van der Waals surface area contributed by atoms with Crippen molar-refractivity contribution in [2.45, 2.75) is 44.2 Å². The summed E-state index contributed by atoms with van der Waals surface area (Å²) in [7, 11) is -4.00. The van der Waals surface area contributed by atoms with E-state index in [1.54, 1.807) is 18.2 Å². The summed E-state index contributed by atoms with van der Waals surface area (Å²) in [4.78, 5) is 14.7. The van der Waals surface area contributed by atoms with Gasteiger partial charge < -0.3 is 10.5 Å². The Kier molecular flexibility index (Phi) is 4.11. The van der Waals surface area contributed by atoms with Gasteiger partial charge in [-0.2, -0.15) is 0 Å². The van der Waals surface area contributed by atoms with Crippen LogP contribution in [0.15, 0.2) is 23.1 Å². The van der Waals surface area contributed by atoms with Crippen LogP contribution in [0.4, 0.5) is 0 Å². The van der Waals surface area contributed by atoms with E-state index in [0.717, 1.165) is 25.9 Å². The molecule has 7 nitrogen and oxygen atoms in total. The van der Waals surface area contributed by atoms with E-state index in [-0.39, 0.29) is 16.9 Å². The molecule has 0 bridgehead atoms. The van der Waals surface area contributed by atoms with E-state index in [1.165, 1.54) is 12.8 Å². The zero-order valence-electron chi connectivity index (χ0n) is 15.1. The summed E-state index contributed by atoms with van der Waals surface area (Å²) < 4.78 is 30.7. The number of hydrogen-bond acceptors (Lipinski definition) is 5. The molecule has 2 aliphatic carbocycles. The van der Waals surface area contributed by atoms with Crippen LogP contribution in [0.3, 0.4) is 0 Å². The van der Waals surface area contributed by atoms with Crippen LogP contribution in [0.2, 0.25) is 0 Å². The predicted octanol–water partition coefficient (Wildman–Crippen LogP) is 0.480. The number of rotatable bonds is 4. The maximum Gasteiger partial charge on any atom is 0.236 e. The van der Waals surface area contributed by atoms with E-state index >= 15 is 0 Å². The van der Waals surface area contributed by atoms with Crippen molar-refractivity contribution in [2.75, 3.05) is 19.7 Å². The van der Waals surface area contributed by atoms with Crippen molar-refractivity contribution in [3.05, 3.63) is 23.1 Å². The number of hydrogen-bond donors (Lipinski definition) is 2. The van der Waals surface area contributed by atoms with Crippen LogP contribution in [-0.2, 0) is 19.6 Å². The fraction of sp³-hybridized carbons (Fsp3) is 0.722. The average Bonchev–Trinajstić information content (AvgIpc) is 3.31. The molecule has 4 unspecified atom stereocenters. The minimum Gasteiger partial charge on any atom is -0.378 e. The van der Waals surface area contributed by atoms with Crippen LogP contribution in [0.1, 0.15) is 32.6 Å². The molecular formula is C18H27N3O4S. The fourth-order valence-electron chi connectivity index (χ4n) is 5.22. The van der Waals surface area contributed by atoms with E-state index in [9.17, 15) is 13.2 Å². The number of piperidine rings is 1. The monoisotopic (exact) mass is 381 g/mol. The third-order valence-electron chi connectivity index (χ3n) is 7.01. The van der Waals surface area contributed by atoms with Crippen molar-refractivity contribution in [1.82, 2.24) is 4.90 Å². The molecule has 4 rings (SSSR count). The van der Waals surface area contributed by atoms with Crippen LogP contribution in [-0.4, -0.2) is 50.6 Å². The number of likely N-dealkylation sites (tertiary alicyclic amines) is 1. The van der Waals surface area contributed by atoms with Gasteiger partial charge in [0, 0.05) is 5.92 Å². The van der Waals surface area contributed by atoms with Crippen LogP contribution < -0.4 is 10.9 Å². The van der Waals surface area contributed by atoms with Gasteiger partial charge in [-0.3, -0.25) is 9.69 Å². The molecule has 2 aliphatic heterocycles. The molecule has 4 N–H and O–H groups in total. The van der Waals surface area contributed by atoms with Gasteiger partial charge in [-0.25, -0.2) is 13.6 Å². The van der Waals surface area contributed by atoms with Crippen molar-refractivity contribution in [1.29, 1.82) is 0 Å². The number of sulfonamides is 1. The Morgan fingerprint density at radius 2 is 1.92 bits per heavy atom. The third kappa shape index (κ3) is 2.58. The molecule has 1 amide bonds. The smallest absolute Gasteiger partial charge is 0.236 e. The SMILES string of the molecule is CC1OCC1C1(N2CCC3(CC2)CC3)C(S(N)(=O)=O)=CC=CC1C(N)=O. The van der Waals surface area contributed by atoms with E-state index in [4.69, 9.17) is 15.6 Å². The number of carbonyl (C=O) groups is 1. The van der Waals surface area contributed by atoms with Gasteiger partial charge in [0.2, 0.25) is 15.9 Å². The summed E-state index contributed by atoms with van der Waals surface area (Å²) >= 11 is 0. The highest BCUT2D eigenvalue weighted by molar-refractivity contribution is 7.93. The highest BCUT2D eigenvalue weighted by atomic mass is 32.2. The number of primary amides is 1. The third-order valence-corrected chi connectivity index (χ3v) is 8.08. The van der Waals surface area contributed by atoms with E-state index in [2.05, 4.69) is 4.90 Å². The van der Waals surface area contributed by atoms with Crippen LogP contribution in [0, 0.1) is 17.3 Å². The average molecular weight is 381 g/mol. The molecule has 144 valence electrons. The van der Waals surface area contributed by atoms with Gasteiger partial charge in [0.25, 0.3) is 0 Å². The highest BCUT2D eigenvalue weighted by Gasteiger charge is 2.62. The second-order valence-electron chi connectivity index (χ2n) is 8.30. The van der Waals surface area contributed by atoms with Gasteiger partial charge >= 0.3 is 0 Å². The zero-order chi connectivity index (χ0) is 18.7. The number of carbonyl (C=O) groups excluding carboxylic acids is 1. The van der Waals surface area contributed by atoms with Crippen molar-refractivity contribution in [3.63, 3.8) is 0 Å². The van der Waals surface area contributed by atoms with Crippen molar-refractivity contribution >= 4 is 15.9 Å². The fourth-order valence-corrected chi connectivity index (χ4v) is 6.35. The molecule has 4 atom stereocenters. The van der Waals surface area contributed by atoms with Gasteiger partial charge in [-0.1, -0.05) is 12.2 Å². The second kappa shape index (κ2) is 5.89. The number of nitrogens with two attached hydrogens (primary N) is 2. The molecule has 26 heavy (non-hydrogen) atoms. The van der Waals surface area contributed by atoms with E-state index in [0.29, 0.717) is 12.0 Å². The molecule has 0 aromatic carbocycles. The zero-order valence-corrected chi connectivity index (χ0v) is 15.9. The maximum absolute atomic E-state index is 12.6. The number of ether oxygens (including phenoxy) is 1. The highest BCUT2D eigenvalue weighted by Crippen LogP contribution is 2.57. The predicted molar refractivity (Wildman–Crippen MR) is 97.1 cm³/mol. The molecule has 2 heterocycles. The Balaban J connectivity index is 1.84. The van der Waals surface area contributed by atoms with Gasteiger partial charge in [0.15, 0.2) is 0 Å². The van der Waals surface area contributed by atoms with Gasteiger partial charge in [0.05, 0.1) is 29.1 Å². The Bertz CT molecular complexity index is 776. The molecule has 3 fully saturated rings. The number of allylic oxidation sites excluding steroid dienone is 2. The lowest BCUT2D eigenvalue weighted by molar-refractivity contribution is -0.174. The molecule has 2 saturated heterocycles. The lowest BCUT2D eigenvalue weighted by Crippen LogP contribution is -2.71. The van der Waals surface area contributed by atoms with Crippen LogP contribution in [0.25, 0.3) is 0 Å². The maximum atomic E-state index is 12.6. The number of primary sulfonamides is 1. The first kappa shape index (κ1) is 18.2. The van der Waals surface area contributed by atoms with Crippen LogP contribution >= 0.6 is 0 Å². The molecule has 4 aliphatic rings. The molecule has 0 aromatic heterocycles. The molecule has 1 saturated carbocycles. The summed E-state index contributed by atoms with van der Waals surface area (Å²) in [5.41, 5.74) is 5.14. The van der Waals surface area contributed by atoms with Crippen molar-refractivity contribution in [3.8, 4) is 0 Å². The lowest BCUT2D eigenvalue weighted by Gasteiger charge is -2.58. The molecule has 0 radical (unpaired) electrons. The summed E-state index contributed by atoms with van der Waals surface area (Å²) in [6.45, 7) is 3.80. The van der Waals surface area contributed by atoms with Crippen molar-refractivity contribution in [2.24, 2.45) is 28.1 Å². The van der Waals surface area contributed by atoms with E-state index in [1.807, 2.05) is 6.92 Å². The largest absolute Gasteiger partial charge is 0.378 e. The number of amides is 1. The first-order chi connectivity index (χ1) is 12.2. The Labute approximate surface area is 154 Å². The summed E-state index contributed by atoms with van der Waals surface area (Å²) in [6.07, 6.45) is 9.22. The Morgan fingerprint density at radius 1 is 1.27 bits per heavy atom. The normalized spacial score (nSPS) is 39.3. The first-order valence-corrected chi connectivity index (χ1v) is 10.8. The molecule has 1 spiro atoms.